The number of aromatic nitrogens is 2. The van der Waals surface area contributed by atoms with Crippen LogP contribution in [-0.2, 0) is 0 Å². The number of unbranched alkanes of at least 4 members (excludes halogenated alkanes) is 6. The smallest absolute Gasteiger partial charge is 0.135 e. The second-order valence-electron chi connectivity index (χ2n) is 8.24. The van der Waals surface area contributed by atoms with Crippen molar-refractivity contribution in [3.8, 4) is 32.0 Å². The van der Waals surface area contributed by atoms with Gasteiger partial charge < -0.3 is 9.47 Å². The fourth-order valence-electron chi connectivity index (χ4n) is 3.49. The normalized spacial score (nSPS) is 11.1. The highest BCUT2D eigenvalue weighted by molar-refractivity contribution is 7.23. The summed E-state index contributed by atoms with van der Waals surface area (Å²) in [6.07, 6.45) is 13.4. The van der Waals surface area contributed by atoms with Crippen molar-refractivity contribution in [3.63, 3.8) is 0 Å². The number of hydrogen-bond acceptors (Lipinski definition) is 6. The average Bonchev–Trinajstić information content (AvgIpc) is 3.44. The molecule has 0 atom stereocenters. The molecule has 0 unspecified atom stereocenters. The standard InChI is InChI=1S/C26H36N2O2S2/c1-5-7-9-11-13-29-22-16-21(23(15-19(22)3)30-14-12-10-8-6-2)25-28-18-24(32-25)26-27-17-20(4)31-26/h15-18H,5-14H2,1-4H3. The molecule has 174 valence electrons. The zero-order valence-electron chi connectivity index (χ0n) is 19.9. The van der Waals surface area contributed by atoms with Gasteiger partial charge in [-0.05, 0) is 44.4 Å². The van der Waals surface area contributed by atoms with E-state index in [0.717, 1.165) is 63.6 Å². The molecule has 2 heterocycles. The molecule has 0 aliphatic heterocycles. The van der Waals surface area contributed by atoms with Crippen LogP contribution in [0.1, 0.15) is 75.7 Å². The van der Waals surface area contributed by atoms with Crippen molar-refractivity contribution in [1.82, 2.24) is 9.97 Å². The molecule has 0 aliphatic rings. The molecule has 0 fully saturated rings. The summed E-state index contributed by atoms with van der Waals surface area (Å²) in [6, 6.07) is 4.23. The van der Waals surface area contributed by atoms with E-state index in [1.165, 1.54) is 43.4 Å². The van der Waals surface area contributed by atoms with Gasteiger partial charge in [-0.3, -0.25) is 0 Å². The molecule has 3 rings (SSSR count). The molecule has 2 aromatic heterocycles. The summed E-state index contributed by atoms with van der Waals surface area (Å²) in [4.78, 5) is 11.6. The van der Waals surface area contributed by atoms with Crippen LogP contribution in [0.15, 0.2) is 24.5 Å². The fraction of sp³-hybridized carbons (Fsp3) is 0.538. The third kappa shape index (κ3) is 7.04. The highest BCUT2D eigenvalue weighted by Crippen LogP contribution is 2.41. The highest BCUT2D eigenvalue weighted by Gasteiger charge is 2.17. The number of thiazole rings is 2. The molecule has 0 N–H and O–H groups in total. The summed E-state index contributed by atoms with van der Waals surface area (Å²) < 4.78 is 12.4. The lowest BCUT2D eigenvalue weighted by Gasteiger charge is -2.15. The SMILES string of the molecule is CCCCCCOc1cc(-c2ncc(-c3ncc(C)s3)s2)c(OCCCCCC)cc1C. The zero-order chi connectivity index (χ0) is 22.8. The van der Waals surface area contributed by atoms with Crippen molar-refractivity contribution in [2.75, 3.05) is 13.2 Å². The van der Waals surface area contributed by atoms with Gasteiger partial charge in [0.05, 0.1) is 23.7 Å². The lowest BCUT2D eigenvalue weighted by atomic mass is 10.1. The Labute approximate surface area is 201 Å². The summed E-state index contributed by atoms with van der Waals surface area (Å²) >= 11 is 3.37. The molecule has 0 radical (unpaired) electrons. The third-order valence-corrected chi connectivity index (χ3v) is 7.47. The summed E-state index contributed by atoms with van der Waals surface area (Å²) in [7, 11) is 0. The van der Waals surface area contributed by atoms with Crippen molar-refractivity contribution in [2.45, 2.75) is 79.1 Å². The minimum Gasteiger partial charge on any atom is -0.493 e. The van der Waals surface area contributed by atoms with Crippen LogP contribution >= 0.6 is 22.7 Å². The zero-order valence-corrected chi connectivity index (χ0v) is 21.5. The lowest BCUT2D eigenvalue weighted by Crippen LogP contribution is -2.02. The van der Waals surface area contributed by atoms with Crippen molar-refractivity contribution in [2.24, 2.45) is 0 Å². The number of aryl methyl sites for hydroxylation is 2. The van der Waals surface area contributed by atoms with Crippen molar-refractivity contribution >= 4 is 22.7 Å². The van der Waals surface area contributed by atoms with Gasteiger partial charge in [0.15, 0.2) is 0 Å². The second-order valence-corrected chi connectivity index (χ2v) is 10.5. The van der Waals surface area contributed by atoms with Crippen LogP contribution in [0, 0.1) is 13.8 Å². The van der Waals surface area contributed by atoms with Crippen molar-refractivity contribution in [3.05, 3.63) is 35.0 Å². The van der Waals surface area contributed by atoms with Gasteiger partial charge in [0.2, 0.25) is 0 Å². The first-order valence-corrected chi connectivity index (χ1v) is 13.5. The molecular formula is C26H36N2O2S2. The quantitative estimate of drug-likeness (QED) is 0.221. The maximum atomic E-state index is 6.25. The van der Waals surface area contributed by atoms with Gasteiger partial charge in [0, 0.05) is 17.3 Å². The Hall–Kier alpha value is -1.92. The Morgan fingerprint density at radius 3 is 2.00 bits per heavy atom. The Morgan fingerprint density at radius 1 is 0.719 bits per heavy atom. The highest BCUT2D eigenvalue weighted by atomic mass is 32.1. The predicted octanol–water partition coefficient (Wildman–Crippen LogP) is 8.47. The Bertz CT molecular complexity index is 965. The number of nitrogens with zero attached hydrogens (tertiary/aromatic N) is 2. The fourth-order valence-corrected chi connectivity index (χ4v) is 5.24. The monoisotopic (exact) mass is 472 g/mol. The van der Waals surface area contributed by atoms with E-state index < -0.39 is 0 Å². The van der Waals surface area contributed by atoms with E-state index in [9.17, 15) is 0 Å². The molecule has 0 saturated carbocycles. The number of hydrogen-bond donors (Lipinski definition) is 0. The minimum absolute atomic E-state index is 0.730. The first kappa shape index (κ1) is 24.7. The van der Waals surface area contributed by atoms with Gasteiger partial charge in [-0.25, -0.2) is 9.97 Å². The molecule has 3 aromatic rings. The molecule has 1 aromatic carbocycles. The molecule has 0 aliphatic carbocycles. The second kappa shape index (κ2) is 12.9. The van der Waals surface area contributed by atoms with E-state index in [-0.39, 0.29) is 0 Å². The maximum absolute atomic E-state index is 6.25. The summed E-state index contributed by atoms with van der Waals surface area (Å²) in [5.74, 6) is 1.82. The van der Waals surface area contributed by atoms with Crippen LogP contribution in [-0.4, -0.2) is 23.2 Å². The molecule has 0 bridgehead atoms. The van der Waals surface area contributed by atoms with Gasteiger partial charge in [0.25, 0.3) is 0 Å². The van der Waals surface area contributed by atoms with Gasteiger partial charge in [-0.1, -0.05) is 52.4 Å². The predicted molar refractivity (Wildman–Crippen MR) is 137 cm³/mol. The van der Waals surface area contributed by atoms with E-state index in [1.807, 2.05) is 12.4 Å². The van der Waals surface area contributed by atoms with Crippen LogP contribution < -0.4 is 9.47 Å². The van der Waals surface area contributed by atoms with E-state index in [2.05, 4.69) is 44.8 Å². The molecule has 32 heavy (non-hydrogen) atoms. The van der Waals surface area contributed by atoms with Gasteiger partial charge in [-0.15, -0.1) is 22.7 Å². The van der Waals surface area contributed by atoms with Crippen LogP contribution in [0.3, 0.4) is 0 Å². The molecule has 0 saturated heterocycles. The topological polar surface area (TPSA) is 44.2 Å². The van der Waals surface area contributed by atoms with Crippen molar-refractivity contribution in [1.29, 1.82) is 0 Å². The number of benzene rings is 1. The Kier molecular flexibility index (Phi) is 10.0. The van der Waals surface area contributed by atoms with Crippen LogP contribution in [0.4, 0.5) is 0 Å². The maximum Gasteiger partial charge on any atom is 0.135 e. The third-order valence-electron chi connectivity index (χ3n) is 5.36. The minimum atomic E-state index is 0.730. The van der Waals surface area contributed by atoms with Gasteiger partial charge in [0.1, 0.15) is 21.5 Å². The first-order chi connectivity index (χ1) is 15.6. The van der Waals surface area contributed by atoms with Gasteiger partial charge in [-0.2, -0.15) is 0 Å². The first-order valence-electron chi connectivity index (χ1n) is 11.9. The van der Waals surface area contributed by atoms with Crippen LogP contribution in [0.25, 0.3) is 20.5 Å². The summed E-state index contributed by atoms with van der Waals surface area (Å²) in [5, 5.41) is 1.97. The van der Waals surface area contributed by atoms with E-state index >= 15 is 0 Å². The molecular weight excluding hydrogens is 436 g/mol. The van der Waals surface area contributed by atoms with E-state index in [4.69, 9.17) is 14.5 Å². The van der Waals surface area contributed by atoms with E-state index in [1.54, 1.807) is 22.7 Å². The largest absolute Gasteiger partial charge is 0.493 e. The number of rotatable bonds is 14. The molecule has 0 amide bonds. The molecule has 0 spiro atoms. The molecule has 6 heteroatoms. The van der Waals surface area contributed by atoms with Gasteiger partial charge >= 0.3 is 0 Å². The Balaban J connectivity index is 1.81. The molecule has 4 nitrogen and oxygen atoms in total. The van der Waals surface area contributed by atoms with Crippen molar-refractivity contribution < 1.29 is 9.47 Å². The Morgan fingerprint density at radius 2 is 1.38 bits per heavy atom. The van der Waals surface area contributed by atoms with Crippen LogP contribution in [0.5, 0.6) is 11.5 Å². The number of ether oxygens (including phenoxy) is 2. The summed E-state index contributed by atoms with van der Waals surface area (Å²) in [5.41, 5.74) is 2.12. The lowest BCUT2D eigenvalue weighted by molar-refractivity contribution is 0.296. The van der Waals surface area contributed by atoms with E-state index in [0.29, 0.717) is 0 Å². The van der Waals surface area contributed by atoms with Crippen LogP contribution in [0.2, 0.25) is 0 Å². The average molecular weight is 473 g/mol. The summed E-state index contributed by atoms with van der Waals surface area (Å²) in [6.45, 7) is 10.1.